The first-order valence-corrected chi connectivity index (χ1v) is 4.97. The van der Waals surface area contributed by atoms with Gasteiger partial charge in [0.2, 0.25) is 0 Å². The second-order valence-corrected chi connectivity index (χ2v) is 3.64. The highest BCUT2D eigenvalue weighted by Gasteiger charge is 2.03. The third-order valence-corrected chi connectivity index (χ3v) is 2.37. The number of ether oxygens (including phenoxy) is 1. The van der Waals surface area contributed by atoms with Crippen molar-refractivity contribution in [3.8, 4) is 5.75 Å². The van der Waals surface area contributed by atoms with E-state index in [2.05, 4.69) is 26.0 Å². The lowest BCUT2D eigenvalue weighted by molar-refractivity contribution is 0.300. The summed E-state index contributed by atoms with van der Waals surface area (Å²) in [5, 5.41) is 0. The van der Waals surface area contributed by atoms with Gasteiger partial charge in [0.1, 0.15) is 12.4 Å². The van der Waals surface area contributed by atoms with Crippen molar-refractivity contribution in [1.29, 1.82) is 0 Å². The van der Waals surface area contributed by atoms with Gasteiger partial charge in [0, 0.05) is 5.56 Å². The topological polar surface area (TPSA) is 22.4 Å². The van der Waals surface area contributed by atoms with E-state index in [1.54, 1.807) is 12.5 Å². The van der Waals surface area contributed by atoms with Crippen LogP contribution in [0.5, 0.6) is 5.75 Å². The fraction of sp³-hybridized carbons (Fsp3) is 0.231. The van der Waals surface area contributed by atoms with Crippen molar-refractivity contribution < 1.29 is 9.15 Å². The molecule has 0 radical (unpaired) electrons. The van der Waals surface area contributed by atoms with Crippen LogP contribution in [0.4, 0.5) is 0 Å². The van der Waals surface area contributed by atoms with Gasteiger partial charge in [-0.15, -0.1) is 0 Å². The molecule has 0 bridgehead atoms. The van der Waals surface area contributed by atoms with Crippen LogP contribution in [0.25, 0.3) is 0 Å². The summed E-state index contributed by atoms with van der Waals surface area (Å²) in [4.78, 5) is 0. The smallest absolute Gasteiger partial charge is 0.125 e. The van der Waals surface area contributed by atoms with Crippen molar-refractivity contribution in [3.05, 3.63) is 53.5 Å². The maximum Gasteiger partial charge on any atom is 0.125 e. The van der Waals surface area contributed by atoms with Crippen LogP contribution in [-0.2, 0) is 6.61 Å². The van der Waals surface area contributed by atoms with Crippen LogP contribution in [0.3, 0.4) is 0 Å². The van der Waals surface area contributed by atoms with Crippen molar-refractivity contribution in [1.82, 2.24) is 0 Å². The summed E-state index contributed by atoms with van der Waals surface area (Å²) in [5.74, 6) is 0.971. The minimum Gasteiger partial charge on any atom is -0.488 e. The number of hydrogen-bond acceptors (Lipinski definition) is 2. The molecule has 0 amide bonds. The Labute approximate surface area is 89.5 Å². The molecular weight excluding hydrogens is 188 g/mol. The maximum absolute atomic E-state index is 5.75. The van der Waals surface area contributed by atoms with Crippen LogP contribution in [0, 0.1) is 13.8 Å². The van der Waals surface area contributed by atoms with Crippen LogP contribution in [0.2, 0.25) is 0 Å². The highest BCUT2D eigenvalue weighted by atomic mass is 16.5. The van der Waals surface area contributed by atoms with E-state index in [0.717, 1.165) is 11.3 Å². The van der Waals surface area contributed by atoms with E-state index in [-0.39, 0.29) is 0 Å². The number of para-hydroxylation sites is 1. The zero-order chi connectivity index (χ0) is 10.7. The summed E-state index contributed by atoms with van der Waals surface area (Å²) in [5.41, 5.74) is 3.38. The summed E-state index contributed by atoms with van der Waals surface area (Å²) in [7, 11) is 0. The van der Waals surface area contributed by atoms with Gasteiger partial charge in [-0.1, -0.05) is 18.2 Å². The van der Waals surface area contributed by atoms with E-state index in [1.165, 1.54) is 11.1 Å². The Kier molecular flexibility index (Phi) is 2.77. The van der Waals surface area contributed by atoms with Crippen LogP contribution in [0.1, 0.15) is 16.7 Å². The zero-order valence-corrected chi connectivity index (χ0v) is 8.99. The van der Waals surface area contributed by atoms with E-state index in [1.807, 2.05) is 12.1 Å². The molecule has 0 unspecified atom stereocenters. The average molecular weight is 202 g/mol. The lowest BCUT2D eigenvalue weighted by atomic mass is 10.1. The Morgan fingerprint density at radius 3 is 2.47 bits per heavy atom. The summed E-state index contributed by atoms with van der Waals surface area (Å²) in [6.07, 6.45) is 3.36. The van der Waals surface area contributed by atoms with Crippen LogP contribution in [0.15, 0.2) is 41.2 Å². The summed E-state index contributed by atoms with van der Waals surface area (Å²) >= 11 is 0. The summed E-state index contributed by atoms with van der Waals surface area (Å²) in [6.45, 7) is 4.66. The monoisotopic (exact) mass is 202 g/mol. The molecule has 78 valence electrons. The highest BCUT2D eigenvalue weighted by Crippen LogP contribution is 2.23. The SMILES string of the molecule is Cc1cccc(C)c1OCc1ccoc1. The van der Waals surface area contributed by atoms with Crippen molar-refractivity contribution in [2.24, 2.45) is 0 Å². The van der Waals surface area contributed by atoms with Gasteiger partial charge in [-0.2, -0.15) is 0 Å². The number of furan rings is 1. The molecule has 2 nitrogen and oxygen atoms in total. The highest BCUT2D eigenvalue weighted by molar-refractivity contribution is 5.39. The molecule has 1 heterocycles. The van der Waals surface area contributed by atoms with E-state index < -0.39 is 0 Å². The first-order valence-electron chi connectivity index (χ1n) is 4.97. The predicted molar refractivity (Wildman–Crippen MR) is 59.0 cm³/mol. The fourth-order valence-corrected chi connectivity index (χ4v) is 1.56. The third kappa shape index (κ3) is 2.21. The Morgan fingerprint density at radius 2 is 1.87 bits per heavy atom. The Hall–Kier alpha value is -1.70. The Bertz CT molecular complexity index is 410. The maximum atomic E-state index is 5.75. The average Bonchev–Trinajstić information content (AvgIpc) is 2.70. The van der Waals surface area contributed by atoms with Gasteiger partial charge >= 0.3 is 0 Å². The van der Waals surface area contributed by atoms with Gasteiger partial charge in [0.15, 0.2) is 0 Å². The third-order valence-electron chi connectivity index (χ3n) is 2.37. The molecule has 0 saturated carbocycles. The zero-order valence-electron chi connectivity index (χ0n) is 8.99. The lowest BCUT2D eigenvalue weighted by Gasteiger charge is -2.10. The minimum absolute atomic E-state index is 0.558. The van der Waals surface area contributed by atoms with Gasteiger partial charge < -0.3 is 9.15 Å². The molecule has 0 aliphatic rings. The lowest BCUT2D eigenvalue weighted by Crippen LogP contribution is -1.97. The largest absolute Gasteiger partial charge is 0.488 e. The van der Waals surface area contributed by atoms with Gasteiger partial charge in [0.25, 0.3) is 0 Å². The Balaban J connectivity index is 2.11. The van der Waals surface area contributed by atoms with Crippen LogP contribution >= 0.6 is 0 Å². The van der Waals surface area contributed by atoms with Crippen LogP contribution in [-0.4, -0.2) is 0 Å². The molecule has 15 heavy (non-hydrogen) atoms. The van der Waals surface area contributed by atoms with Gasteiger partial charge in [-0.25, -0.2) is 0 Å². The predicted octanol–water partition coefficient (Wildman–Crippen LogP) is 3.48. The van der Waals surface area contributed by atoms with Gasteiger partial charge in [0.05, 0.1) is 12.5 Å². The normalized spacial score (nSPS) is 10.3. The van der Waals surface area contributed by atoms with Gasteiger partial charge in [-0.3, -0.25) is 0 Å². The van der Waals surface area contributed by atoms with Crippen molar-refractivity contribution >= 4 is 0 Å². The standard InChI is InChI=1S/C13H14O2/c1-10-4-3-5-11(2)13(10)15-9-12-6-7-14-8-12/h3-8H,9H2,1-2H3. The quantitative estimate of drug-likeness (QED) is 0.760. The fourth-order valence-electron chi connectivity index (χ4n) is 1.56. The molecule has 2 aromatic rings. The molecule has 0 saturated heterocycles. The Morgan fingerprint density at radius 1 is 1.13 bits per heavy atom. The van der Waals surface area contributed by atoms with Crippen molar-refractivity contribution in [2.75, 3.05) is 0 Å². The first-order chi connectivity index (χ1) is 7.27. The molecule has 0 fully saturated rings. The van der Waals surface area contributed by atoms with Gasteiger partial charge in [-0.05, 0) is 31.0 Å². The number of rotatable bonds is 3. The molecule has 0 N–H and O–H groups in total. The molecule has 1 aromatic carbocycles. The number of aryl methyl sites for hydroxylation is 2. The molecule has 2 rings (SSSR count). The van der Waals surface area contributed by atoms with Crippen LogP contribution < -0.4 is 4.74 Å². The summed E-state index contributed by atoms with van der Waals surface area (Å²) in [6, 6.07) is 8.05. The molecule has 1 aromatic heterocycles. The van der Waals surface area contributed by atoms with E-state index >= 15 is 0 Å². The van der Waals surface area contributed by atoms with Crippen molar-refractivity contribution in [2.45, 2.75) is 20.5 Å². The molecule has 0 aliphatic heterocycles. The molecule has 0 aliphatic carbocycles. The first kappa shape index (κ1) is 9.84. The second kappa shape index (κ2) is 4.22. The minimum atomic E-state index is 0.558. The van der Waals surface area contributed by atoms with E-state index in [0.29, 0.717) is 6.61 Å². The van der Waals surface area contributed by atoms with E-state index in [4.69, 9.17) is 9.15 Å². The number of benzene rings is 1. The molecule has 2 heteroatoms. The molecule has 0 spiro atoms. The van der Waals surface area contributed by atoms with Crippen molar-refractivity contribution in [3.63, 3.8) is 0 Å². The second-order valence-electron chi connectivity index (χ2n) is 3.64. The molecule has 0 atom stereocenters. The summed E-state index contributed by atoms with van der Waals surface area (Å²) < 4.78 is 10.7. The number of hydrogen-bond donors (Lipinski definition) is 0. The molecular formula is C13H14O2. The van der Waals surface area contributed by atoms with E-state index in [9.17, 15) is 0 Å².